The van der Waals surface area contributed by atoms with Gasteiger partial charge in [-0.05, 0) is 81.8 Å². The minimum absolute atomic E-state index is 0.195. The second kappa shape index (κ2) is 12.1. The van der Waals surface area contributed by atoms with Gasteiger partial charge in [0.1, 0.15) is 5.60 Å². The van der Waals surface area contributed by atoms with Gasteiger partial charge in [0.05, 0.1) is 6.54 Å². The van der Waals surface area contributed by atoms with E-state index >= 15 is 0 Å². The van der Waals surface area contributed by atoms with Gasteiger partial charge < -0.3 is 10.1 Å². The molecular formula is C31H43N3O2. The lowest BCUT2D eigenvalue weighted by Gasteiger charge is -2.35. The number of benzene rings is 1. The Labute approximate surface area is 217 Å². The molecule has 1 unspecified atom stereocenters. The highest BCUT2D eigenvalue weighted by atomic mass is 16.6. The van der Waals surface area contributed by atoms with Gasteiger partial charge >= 0.3 is 5.97 Å². The Morgan fingerprint density at radius 1 is 0.972 bits per heavy atom. The Balaban J connectivity index is 1.26. The molecule has 5 heteroatoms. The number of nitrogens with zero attached hydrogens (tertiary/aromatic N) is 2. The summed E-state index contributed by atoms with van der Waals surface area (Å²) in [5.41, 5.74) is 4.21. The van der Waals surface area contributed by atoms with Crippen molar-refractivity contribution in [3.63, 3.8) is 0 Å². The maximum Gasteiger partial charge on any atom is 0.320 e. The van der Waals surface area contributed by atoms with Gasteiger partial charge in [0, 0.05) is 30.1 Å². The van der Waals surface area contributed by atoms with Gasteiger partial charge in [-0.1, -0.05) is 56.5 Å². The molecule has 2 aromatic rings. The summed E-state index contributed by atoms with van der Waals surface area (Å²) in [5, 5.41) is 3.14. The summed E-state index contributed by atoms with van der Waals surface area (Å²) in [7, 11) is 0. The maximum absolute atomic E-state index is 11.8. The minimum Gasteiger partial charge on any atom is -0.459 e. The molecule has 0 saturated heterocycles. The Kier molecular flexibility index (Phi) is 8.95. The summed E-state index contributed by atoms with van der Waals surface area (Å²) in [5.74, 6) is 3.27. The molecule has 1 atom stereocenters. The summed E-state index contributed by atoms with van der Waals surface area (Å²) < 4.78 is 5.32. The number of hydrogen-bond acceptors (Lipinski definition) is 5. The van der Waals surface area contributed by atoms with Crippen LogP contribution in [0.1, 0.15) is 90.2 Å². The zero-order valence-corrected chi connectivity index (χ0v) is 22.6. The smallest absolute Gasteiger partial charge is 0.320 e. The van der Waals surface area contributed by atoms with Crippen molar-refractivity contribution in [2.75, 3.05) is 6.54 Å². The summed E-state index contributed by atoms with van der Waals surface area (Å²) in [6, 6.07) is 8.17. The lowest BCUT2D eigenvalue weighted by molar-refractivity contribution is -0.153. The van der Waals surface area contributed by atoms with Crippen molar-refractivity contribution in [2.24, 2.45) is 17.8 Å². The van der Waals surface area contributed by atoms with Crippen LogP contribution in [0.3, 0.4) is 0 Å². The fourth-order valence-electron chi connectivity index (χ4n) is 5.71. The number of hydrogen-bond donors (Lipinski definition) is 1. The van der Waals surface area contributed by atoms with Crippen LogP contribution in [0.15, 0.2) is 42.7 Å². The van der Waals surface area contributed by atoms with Crippen LogP contribution in [0, 0.1) is 17.8 Å². The van der Waals surface area contributed by atoms with Gasteiger partial charge in [0.25, 0.3) is 0 Å². The first-order valence-corrected chi connectivity index (χ1v) is 13.8. The fraction of sp³-hybridized carbons (Fsp3) is 0.581. The van der Waals surface area contributed by atoms with Crippen molar-refractivity contribution in [3.8, 4) is 11.4 Å². The van der Waals surface area contributed by atoms with Gasteiger partial charge in [-0.2, -0.15) is 0 Å². The van der Waals surface area contributed by atoms with E-state index in [1.54, 1.807) is 0 Å². The number of rotatable bonds is 8. The van der Waals surface area contributed by atoms with Crippen LogP contribution in [-0.2, 0) is 16.1 Å². The lowest BCUT2D eigenvalue weighted by Crippen LogP contribution is -2.31. The predicted molar refractivity (Wildman–Crippen MR) is 146 cm³/mol. The Hall–Kier alpha value is -2.53. The average molecular weight is 490 g/mol. The number of carbonyl (C=O) groups excluding carboxylic acids is 1. The number of carbonyl (C=O) groups is 1. The van der Waals surface area contributed by atoms with E-state index in [1.807, 2.05) is 57.4 Å². The van der Waals surface area contributed by atoms with E-state index in [1.165, 1.54) is 50.5 Å². The van der Waals surface area contributed by atoms with Crippen molar-refractivity contribution in [3.05, 3.63) is 53.9 Å². The molecule has 5 nitrogen and oxygen atoms in total. The zero-order valence-electron chi connectivity index (χ0n) is 22.6. The third kappa shape index (κ3) is 7.49. The van der Waals surface area contributed by atoms with Gasteiger partial charge in [0.2, 0.25) is 0 Å². The molecule has 2 aliphatic rings. The quantitative estimate of drug-likeness (QED) is 0.406. The summed E-state index contributed by atoms with van der Waals surface area (Å²) in [6.45, 7) is 8.77. The lowest BCUT2D eigenvalue weighted by atomic mass is 9.71. The number of allylic oxidation sites excluding steroid dienone is 2. The molecular weight excluding hydrogens is 446 g/mol. The summed E-state index contributed by atoms with van der Waals surface area (Å²) >= 11 is 0. The topological polar surface area (TPSA) is 64.1 Å². The highest BCUT2D eigenvalue weighted by Gasteiger charge is 2.28. The molecule has 0 aliphatic heterocycles. The van der Waals surface area contributed by atoms with Gasteiger partial charge in [-0.3, -0.25) is 4.79 Å². The van der Waals surface area contributed by atoms with Crippen molar-refractivity contribution in [1.82, 2.24) is 15.3 Å². The molecule has 2 aliphatic carbocycles. The molecule has 1 aromatic carbocycles. The molecule has 194 valence electrons. The van der Waals surface area contributed by atoms with Crippen LogP contribution in [0.2, 0.25) is 0 Å². The zero-order chi connectivity index (χ0) is 25.5. The second-order valence-electron chi connectivity index (χ2n) is 11.6. The molecule has 4 rings (SSSR count). The van der Waals surface area contributed by atoms with E-state index in [-0.39, 0.29) is 12.5 Å². The third-order valence-electron chi connectivity index (χ3n) is 7.84. The maximum atomic E-state index is 11.8. The van der Waals surface area contributed by atoms with Crippen LogP contribution in [0.5, 0.6) is 0 Å². The fourth-order valence-corrected chi connectivity index (χ4v) is 5.71. The number of nitrogens with one attached hydrogen (secondary N) is 1. The highest BCUT2D eigenvalue weighted by Crippen LogP contribution is 2.41. The van der Waals surface area contributed by atoms with Crippen LogP contribution in [0.25, 0.3) is 17.0 Å². The largest absolute Gasteiger partial charge is 0.459 e. The average Bonchev–Trinajstić information content (AvgIpc) is 2.88. The number of aromatic nitrogens is 2. The Morgan fingerprint density at radius 3 is 2.25 bits per heavy atom. The van der Waals surface area contributed by atoms with E-state index in [4.69, 9.17) is 4.74 Å². The van der Waals surface area contributed by atoms with E-state index < -0.39 is 5.60 Å². The molecule has 1 N–H and O–H groups in total. The number of esters is 1. The van der Waals surface area contributed by atoms with Crippen molar-refractivity contribution < 1.29 is 9.53 Å². The molecule has 36 heavy (non-hydrogen) atoms. The van der Waals surface area contributed by atoms with Gasteiger partial charge in [-0.15, -0.1) is 0 Å². The highest BCUT2D eigenvalue weighted by molar-refractivity contribution is 5.72. The first-order valence-electron chi connectivity index (χ1n) is 13.8. The van der Waals surface area contributed by atoms with E-state index in [0.29, 0.717) is 6.54 Å². The minimum atomic E-state index is -0.459. The molecule has 0 bridgehead atoms. The molecule has 0 radical (unpaired) electrons. The Bertz CT molecular complexity index is 1010. The molecule has 1 fully saturated rings. The van der Waals surface area contributed by atoms with Crippen molar-refractivity contribution >= 4 is 11.5 Å². The Morgan fingerprint density at radius 2 is 1.67 bits per heavy atom. The molecule has 1 aromatic heterocycles. The van der Waals surface area contributed by atoms with E-state index in [2.05, 4.69) is 28.3 Å². The SMILES string of the molecule is CC[C@H]1CC[C@H](C2CC=C(c3cnc(-c4ccc(CNCC(=O)OC(C)(C)C)cc4)nc3)CC2)CC1. The monoisotopic (exact) mass is 489 g/mol. The van der Waals surface area contributed by atoms with Crippen LogP contribution in [0.4, 0.5) is 0 Å². The summed E-state index contributed by atoms with van der Waals surface area (Å²) in [6.07, 6.45) is 17.2. The number of ether oxygens (including phenoxy) is 1. The second-order valence-corrected chi connectivity index (χ2v) is 11.6. The summed E-state index contributed by atoms with van der Waals surface area (Å²) in [4.78, 5) is 21.2. The molecule has 0 amide bonds. The normalized spacial score (nSPS) is 22.7. The van der Waals surface area contributed by atoms with Crippen molar-refractivity contribution in [1.29, 1.82) is 0 Å². The predicted octanol–water partition coefficient (Wildman–Crippen LogP) is 6.97. The van der Waals surface area contributed by atoms with E-state index in [0.717, 1.165) is 46.7 Å². The van der Waals surface area contributed by atoms with E-state index in [9.17, 15) is 4.79 Å². The van der Waals surface area contributed by atoms with Crippen LogP contribution >= 0.6 is 0 Å². The van der Waals surface area contributed by atoms with Crippen LogP contribution < -0.4 is 5.32 Å². The first kappa shape index (κ1) is 26.5. The van der Waals surface area contributed by atoms with Crippen LogP contribution in [-0.4, -0.2) is 28.1 Å². The molecule has 0 spiro atoms. The molecule has 1 heterocycles. The first-order chi connectivity index (χ1) is 17.3. The van der Waals surface area contributed by atoms with Crippen molar-refractivity contribution in [2.45, 2.75) is 91.2 Å². The van der Waals surface area contributed by atoms with Gasteiger partial charge in [0.15, 0.2) is 5.82 Å². The van der Waals surface area contributed by atoms with Gasteiger partial charge in [-0.25, -0.2) is 9.97 Å². The third-order valence-corrected chi connectivity index (χ3v) is 7.84. The molecule has 1 saturated carbocycles. The standard InChI is InChI=1S/C31H43N3O2/c1-5-22-6-10-24(11-7-22)25-14-16-26(17-15-25)28-19-33-30(34-20-28)27-12-8-23(9-13-27)18-32-21-29(35)36-31(2,3)4/h8-9,12-13,16,19-20,22,24-25,32H,5-7,10-11,14-15,17-18,21H2,1-4H3/t22-,24-,25?.